The first-order chi connectivity index (χ1) is 14.0. The number of primary amides is 1. The highest BCUT2D eigenvalue weighted by atomic mass is 19.1. The Labute approximate surface area is 170 Å². The first-order valence-electron chi connectivity index (χ1n) is 10.2. The monoisotopic (exact) mass is 397 g/mol. The molecule has 2 N–H and O–H groups in total. The lowest BCUT2D eigenvalue weighted by atomic mass is 9.89. The van der Waals surface area contributed by atoms with Crippen LogP contribution in [0.1, 0.15) is 54.4 Å². The summed E-state index contributed by atoms with van der Waals surface area (Å²) in [4.78, 5) is 36.4. The Hall–Kier alpha value is -2.78. The number of imide groups is 1. The molecular weight excluding hydrogens is 371 g/mol. The van der Waals surface area contributed by atoms with E-state index in [0.29, 0.717) is 31.5 Å². The molecule has 0 radical (unpaired) electrons. The fraction of sp³-hybridized carbons (Fsp3) is 0.435. The zero-order valence-electron chi connectivity index (χ0n) is 16.5. The maximum Gasteiger partial charge on any atom is 0.342 e. The molecule has 1 heterocycles. The number of carbonyl (C=O) groups is 3. The Morgan fingerprint density at radius 1 is 1.10 bits per heavy atom. The van der Waals surface area contributed by atoms with Crippen LogP contribution < -0.4 is 5.32 Å². The molecule has 1 aliphatic carbocycles. The van der Waals surface area contributed by atoms with Crippen LogP contribution in [0.15, 0.2) is 36.4 Å². The summed E-state index contributed by atoms with van der Waals surface area (Å²) in [5.74, 6) is 5.02. The highest BCUT2D eigenvalue weighted by molar-refractivity contribution is 6.12. The minimum atomic E-state index is -1.49. The van der Waals surface area contributed by atoms with E-state index in [1.165, 1.54) is 12.2 Å². The number of benzene rings is 1. The van der Waals surface area contributed by atoms with Gasteiger partial charge in [-0.3, -0.25) is 19.8 Å². The van der Waals surface area contributed by atoms with Crippen LogP contribution in [0.5, 0.6) is 0 Å². The minimum Gasteiger partial charge on any atom is -0.279 e. The Morgan fingerprint density at radius 2 is 1.83 bits per heavy atom. The Kier molecular flexibility index (Phi) is 6.95. The number of nitrogens with two attached hydrogens (primary N) is 1. The van der Waals surface area contributed by atoms with Gasteiger partial charge in [0.25, 0.3) is 11.8 Å². The molecule has 152 valence electrons. The maximum atomic E-state index is 15.0. The summed E-state index contributed by atoms with van der Waals surface area (Å²) in [6.07, 6.45) is 7.39. The SMILES string of the molecule is O=C([NH2+]CCCN1C(=O)C=CC1=O)c1ccc(CC2(F)C#CCCCCC2)cc1. The minimum absolute atomic E-state index is 0.116. The van der Waals surface area contributed by atoms with Gasteiger partial charge in [-0.25, -0.2) is 9.18 Å². The van der Waals surface area contributed by atoms with Crippen LogP contribution in [0.4, 0.5) is 4.39 Å². The predicted octanol–water partition coefficient (Wildman–Crippen LogP) is 1.92. The second-order valence-corrected chi connectivity index (χ2v) is 7.57. The number of halogens is 1. The van der Waals surface area contributed by atoms with Crippen molar-refractivity contribution in [3.63, 3.8) is 0 Å². The third-order valence-corrected chi connectivity index (χ3v) is 5.23. The van der Waals surface area contributed by atoms with Crippen molar-refractivity contribution < 1.29 is 24.1 Å². The molecule has 0 fully saturated rings. The summed E-state index contributed by atoms with van der Waals surface area (Å²) >= 11 is 0. The van der Waals surface area contributed by atoms with Crippen molar-refractivity contribution >= 4 is 17.7 Å². The predicted molar refractivity (Wildman–Crippen MR) is 106 cm³/mol. The average Bonchev–Trinajstić information content (AvgIpc) is 3.01. The number of hydrogen-bond acceptors (Lipinski definition) is 3. The van der Waals surface area contributed by atoms with Crippen molar-refractivity contribution in [3.8, 4) is 11.8 Å². The number of quaternary nitrogens is 1. The normalized spacial score (nSPS) is 21.5. The lowest BCUT2D eigenvalue weighted by molar-refractivity contribution is -0.555. The fourth-order valence-corrected chi connectivity index (χ4v) is 3.57. The van der Waals surface area contributed by atoms with E-state index in [1.54, 1.807) is 29.6 Å². The standard InChI is InChI=1S/C23H25FN2O3/c24-23(13-4-2-1-3-5-14-23)17-18-7-9-19(10-8-18)22(29)25-15-6-16-26-20(27)11-12-21(26)28/h7-12H,1-4,6,13,15-17H2,(H,25,29)/p+1. The summed E-state index contributed by atoms with van der Waals surface area (Å²) in [6, 6.07) is 7.00. The molecule has 0 aromatic heterocycles. The Morgan fingerprint density at radius 3 is 2.55 bits per heavy atom. The van der Waals surface area contributed by atoms with Gasteiger partial charge in [-0.15, -0.1) is 0 Å². The number of alkyl halides is 1. The van der Waals surface area contributed by atoms with E-state index in [9.17, 15) is 14.4 Å². The van der Waals surface area contributed by atoms with Crippen LogP contribution >= 0.6 is 0 Å². The van der Waals surface area contributed by atoms with Crippen molar-refractivity contribution in [1.82, 2.24) is 4.90 Å². The topological polar surface area (TPSA) is 71.1 Å². The van der Waals surface area contributed by atoms with Crippen LogP contribution in [-0.4, -0.2) is 41.4 Å². The molecule has 5 nitrogen and oxygen atoms in total. The molecule has 1 unspecified atom stereocenters. The molecule has 1 aromatic carbocycles. The zero-order chi connectivity index (χ0) is 20.7. The lowest BCUT2D eigenvalue weighted by Crippen LogP contribution is -2.88. The smallest absolute Gasteiger partial charge is 0.279 e. The zero-order valence-corrected chi connectivity index (χ0v) is 16.5. The summed E-state index contributed by atoms with van der Waals surface area (Å²) < 4.78 is 15.0. The highest BCUT2D eigenvalue weighted by Gasteiger charge is 2.28. The third kappa shape index (κ3) is 5.85. The summed E-state index contributed by atoms with van der Waals surface area (Å²) in [5.41, 5.74) is -0.116. The molecule has 1 aliphatic heterocycles. The van der Waals surface area contributed by atoms with Gasteiger partial charge in [0, 0.05) is 38.0 Å². The van der Waals surface area contributed by atoms with Gasteiger partial charge in [0.15, 0.2) is 5.67 Å². The number of rotatable bonds is 7. The van der Waals surface area contributed by atoms with E-state index in [4.69, 9.17) is 0 Å². The lowest BCUT2D eigenvalue weighted by Gasteiger charge is -2.21. The first kappa shape index (κ1) is 20.9. The molecule has 0 bridgehead atoms. The van der Waals surface area contributed by atoms with Gasteiger partial charge in [-0.1, -0.05) is 30.4 Å². The first-order valence-corrected chi connectivity index (χ1v) is 10.2. The van der Waals surface area contributed by atoms with E-state index in [0.717, 1.165) is 36.1 Å². The third-order valence-electron chi connectivity index (χ3n) is 5.23. The van der Waals surface area contributed by atoms with Crippen molar-refractivity contribution in [2.45, 2.75) is 50.6 Å². The van der Waals surface area contributed by atoms with Crippen molar-refractivity contribution in [2.75, 3.05) is 13.1 Å². The number of amides is 3. The molecule has 0 saturated heterocycles. The highest BCUT2D eigenvalue weighted by Crippen LogP contribution is 2.26. The van der Waals surface area contributed by atoms with Gasteiger partial charge in [-0.05, 0) is 37.0 Å². The number of hydrogen-bond donors (Lipinski definition) is 1. The Balaban J connectivity index is 1.47. The second kappa shape index (κ2) is 9.62. The van der Waals surface area contributed by atoms with Crippen molar-refractivity contribution in [3.05, 3.63) is 47.5 Å². The van der Waals surface area contributed by atoms with Gasteiger partial charge < -0.3 is 0 Å². The molecular formula is C23H26FN2O3+. The van der Waals surface area contributed by atoms with Gasteiger partial charge in [0.05, 0.1) is 12.1 Å². The quantitative estimate of drug-likeness (QED) is 0.434. The molecule has 1 atom stereocenters. The molecule has 29 heavy (non-hydrogen) atoms. The number of nitrogens with zero attached hydrogens (tertiary/aromatic N) is 1. The largest absolute Gasteiger partial charge is 0.342 e. The molecule has 0 spiro atoms. The van der Waals surface area contributed by atoms with Crippen LogP contribution in [0.3, 0.4) is 0 Å². The van der Waals surface area contributed by atoms with E-state index in [2.05, 4.69) is 11.8 Å². The fourth-order valence-electron chi connectivity index (χ4n) is 3.57. The molecule has 6 heteroatoms. The molecule has 0 saturated carbocycles. The van der Waals surface area contributed by atoms with E-state index < -0.39 is 5.67 Å². The van der Waals surface area contributed by atoms with Crippen LogP contribution in [0, 0.1) is 11.8 Å². The van der Waals surface area contributed by atoms with Gasteiger partial charge in [-0.2, -0.15) is 0 Å². The summed E-state index contributed by atoms with van der Waals surface area (Å²) in [6.45, 7) is 0.772. The van der Waals surface area contributed by atoms with Crippen LogP contribution in [-0.2, 0) is 16.0 Å². The van der Waals surface area contributed by atoms with Gasteiger partial charge >= 0.3 is 5.91 Å². The van der Waals surface area contributed by atoms with Crippen molar-refractivity contribution in [1.29, 1.82) is 0 Å². The van der Waals surface area contributed by atoms with E-state index in [-0.39, 0.29) is 24.1 Å². The van der Waals surface area contributed by atoms with Crippen molar-refractivity contribution in [2.24, 2.45) is 0 Å². The molecule has 3 rings (SSSR count). The Bertz CT molecular complexity index is 848. The van der Waals surface area contributed by atoms with Gasteiger partial charge in [0.1, 0.15) is 0 Å². The summed E-state index contributed by atoms with van der Waals surface area (Å²) in [7, 11) is 0. The molecule has 3 amide bonds. The van der Waals surface area contributed by atoms with E-state index >= 15 is 4.39 Å². The number of carbonyl (C=O) groups excluding carboxylic acids is 3. The van der Waals surface area contributed by atoms with Crippen LogP contribution in [0.25, 0.3) is 0 Å². The van der Waals surface area contributed by atoms with Gasteiger partial charge in [0.2, 0.25) is 0 Å². The average molecular weight is 397 g/mol. The van der Waals surface area contributed by atoms with Crippen LogP contribution in [0.2, 0.25) is 0 Å². The molecule has 2 aliphatic rings. The maximum absolute atomic E-state index is 15.0. The van der Waals surface area contributed by atoms with E-state index in [1.807, 2.05) is 0 Å². The molecule has 1 aromatic rings. The summed E-state index contributed by atoms with van der Waals surface area (Å²) in [5, 5.41) is 1.56. The second-order valence-electron chi connectivity index (χ2n) is 7.57.